The van der Waals surface area contributed by atoms with E-state index in [1.165, 1.54) is 12.8 Å². The van der Waals surface area contributed by atoms with Crippen molar-refractivity contribution in [1.29, 1.82) is 0 Å². The molecule has 0 radical (unpaired) electrons. The highest BCUT2D eigenvalue weighted by molar-refractivity contribution is 5.74. The lowest BCUT2D eigenvalue weighted by Crippen LogP contribution is -2.45. The molecular weight excluding hydrogens is 282 g/mol. The van der Waals surface area contributed by atoms with Gasteiger partial charge >= 0.3 is 6.03 Å². The average Bonchev–Trinajstić information content (AvgIpc) is 3.07. The number of hydrogen-bond acceptors (Lipinski definition) is 4. The van der Waals surface area contributed by atoms with Gasteiger partial charge in [-0.05, 0) is 37.3 Å². The van der Waals surface area contributed by atoms with E-state index in [4.69, 9.17) is 9.47 Å². The molecule has 1 saturated carbocycles. The molecular formula is C16H23N3O3. The van der Waals surface area contributed by atoms with Crippen molar-refractivity contribution in [3.05, 3.63) is 23.9 Å². The predicted molar refractivity (Wildman–Crippen MR) is 81.7 cm³/mol. The van der Waals surface area contributed by atoms with E-state index in [1.54, 1.807) is 11.1 Å². The number of pyridine rings is 1. The molecule has 1 aromatic heterocycles. The van der Waals surface area contributed by atoms with Crippen LogP contribution in [0.2, 0.25) is 0 Å². The molecule has 2 heterocycles. The van der Waals surface area contributed by atoms with Gasteiger partial charge in [0.1, 0.15) is 6.10 Å². The largest absolute Gasteiger partial charge is 0.474 e. The fourth-order valence-electron chi connectivity index (χ4n) is 2.86. The van der Waals surface area contributed by atoms with E-state index in [0.29, 0.717) is 44.8 Å². The van der Waals surface area contributed by atoms with Crippen molar-refractivity contribution in [2.75, 3.05) is 26.3 Å². The molecule has 0 unspecified atom stereocenters. The van der Waals surface area contributed by atoms with Gasteiger partial charge in [0.25, 0.3) is 0 Å². The molecule has 1 aromatic rings. The standard InChI is InChI=1S/C16H23N3O3/c20-16(19-7-9-21-10-8-19)18-12-13-5-6-17-15(11-13)22-14-3-1-2-4-14/h5-6,11,14H,1-4,7-10,12H2,(H,18,20). The van der Waals surface area contributed by atoms with Gasteiger partial charge in [-0.1, -0.05) is 0 Å². The molecule has 1 aliphatic heterocycles. The van der Waals surface area contributed by atoms with Crippen molar-refractivity contribution in [3.8, 4) is 5.88 Å². The van der Waals surface area contributed by atoms with Crippen LogP contribution in [0, 0.1) is 0 Å². The van der Waals surface area contributed by atoms with E-state index in [-0.39, 0.29) is 6.03 Å². The summed E-state index contributed by atoms with van der Waals surface area (Å²) in [4.78, 5) is 18.1. The third-order valence-corrected chi connectivity index (χ3v) is 4.13. The van der Waals surface area contributed by atoms with Crippen molar-refractivity contribution in [3.63, 3.8) is 0 Å². The highest BCUT2D eigenvalue weighted by Crippen LogP contribution is 2.23. The smallest absolute Gasteiger partial charge is 0.317 e. The Labute approximate surface area is 130 Å². The monoisotopic (exact) mass is 305 g/mol. The first-order chi connectivity index (χ1) is 10.8. The number of carbonyl (C=O) groups is 1. The van der Waals surface area contributed by atoms with Gasteiger partial charge in [0.05, 0.1) is 13.2 Å². The Balaban J connectivity index is 1.50. The van der Waals surface area contributed by atoms with Crippen LogP contribution < -0.4 is 10.1 Å². The topological polar surface area (TPSA) is 63.7 Å². The lowest BCUT2D eigenvalue weighted by atomic mass is 10.2. The number of nitrogens with zero attached hydrogens (tertiary/aromatic N) is 2. The van der Waals surface area contributed by atoms with Gasteiger partial charge in [0, 0.05) is 31.9 Å². The van der Waals surface area contributed by atoms with E-state index in [2.05, 4.69) is 10.3 Å². The van der Waals surface area contributed by atoms with Crippen LogP contribution in [0.15, 0.2) is 18.3 Å². The van der Waals surface area contributed by atoms with E-state index < -0.39 is 0 Å². The average molecular weight is 305 g/mol. The van der Waals surface area contributed by atoms with Gasteiger partial charge in [-0.2, -0.15) is 0 Å². The second kappa shape index (κ2) is 7.45. The van der Waals surface area contributed by atoms with Crippen LogP contribution in [0.1, 0.15) is 31.2 Å². The molecule has 0 bridgehead atoms. The van der Waals surface area contributed by atoms with Crippen molar-refractivity contribution in [1.82, 2.24) is 15.2 Å². The third kappa shape index (κ3) is 4.10. The normalized spacial score (nSPS) is 19.2. The van der Waals surface area contributed by atoms with Crippen molar-refractivity contribution in [2.24, 2.45) is 0 Å². The zero-order valence-corrected chi connectivity index (χ0v) is 12.8. The number of hydrogen-bond donors (Lipinski definition) is 1. The zero-order chi connectivity index (χ0) is 15.2. The van der Waals surface area contributed by atoms with Gasteiger partial charge in [0.15, 0.2) is 0 Å². The summed E-state index contributed by atoms with van der Waals surface area (Å²) in [5, 5.41) is 2.94. The van der Waals surface area contributed by atoms with Gasteiger partial charge in [-0.25, -0.2) is 9.78 Å². The Hall–Kier alpha value is -1.82. The first-order valence-electron chi connectivity index (χ1n) is 8.03. The summed E-state index contributed by atoms with van der Waals surface area (Å²) in [6.45, 7) is 3.01. The molecule has 1 saturated heterocycles. The summed E-state index contributed by atoms with van der Waals surface area (Å²) in [6.07, 6.45) is 6.73. The maximum Gasteiger partial charge on any atom is 0.317 e. The second-order valence-corrected chi connectivity index (χ2v) is 5.78. The zero-order valence-electron chi connectivity index (χ0n) is 12.8. The highest BCUT2D eigenvalue weighted by atomic mass is 16.5. The van der Waals surface area contributed by atoms with Crippen molar-refractivity contribution >= 4 is 6.03 Å². The maximum absolute atomic E-state index is 12.0. The van der Waals surface area contributed by atoms with Crippen LogP contribution >= 0.6 is 0 Å². The summed E-state index contributed by atoms with van der Waals surface area (Å²) in [6, 6.07) is 3.78. The molecule has 0 spiro atoms. The summed E-state index contributed by atoms with van der Waals surface area (Å²) < 4.78 is 11.1. The van der Waals surface area contributed by atoms with Crippen LogP contribution in [0.25, 0.3) is 0 Å². The predicted octanol–water partition coefficient (Wildman–Crippen LogP) is 1.94. The second-order valence-electron chi connectivity index (χ2n) is 5.78. The van der Waals surface area contributed by atoms with Crippen LogP contribution in [0.5, 0.6) is 5.88 Å². The number of rotatable bonds is 4. The molecule has 120 valence electrons. The van der Waals surface area contributed by atoms with Crippen LogP contribution in [0.4, 0.5) is 4.79 Å². The Morgan fingerprint density at radius 3 is 2.91 bits per heavy atom. The third-order valence-electron chi connectivity index (χ3n) is 4.13. The minimum absolute atomic E-state index is 0.0432. The minimum Gasteiger partial charge on any atom is -0.474 e. The molecule has 6 heteroatoms. The molecule has 2 aliphatic rings. The molecule has 2 amide bonds. The van der Waals surface area contributed by atoms with Crippen LogP contribution in [0.3, 0.4) is 0 Å². The Kier molecular flexibility index (Phi) is 5.11. The number of morpholine rings is 1. The van der Waals surface area contributed by atoms with Crippen LogP contribution in [-0.2, 0) is 11.3 Å². The number of ether oxygens (including phenoxy) is 2. The van der Waals surface area contributed by atoms with Gasteiger partial charge < -0.3 is 19.7 Å². The number of carbonyl (C=O) groups excluding carboxylic acids is 1. The van der Waals surface area contributed by atoms with Crippen molar-refractivity contribution in [2.45, 2.75) is 38.3 Å². The lowest BCUT2D eigenvalue weighted by Gasteiger charge is -2.26. The van der Waals surface area contributed by atoms with E-state index in [1.807, 2.05) is 12.1 Å². The first kappa shape index (κ1) is 15.1. The Morgan fingerprint density at radius 1 is 1.36 bits per heavy atom. The fourth-order valence-corrected chi connectivity index (χ4v) is 2.86. The molecule has 0 atom stereocenters. The number of urea groups is 1. The Morgan fingerprint density at radius 2 is 2.14 bits per heavy atom. The van der Waals surface area contributed by atoms with E-state index in [9.17, 15) is 4.79 Å². The fraction of sp³-hybridized carbons (Fsp3) is 0.625. The molecule has 0 aromatic carbocycles. The molecule has 1 aliphatic carbocycles. The Bertz CT molecular complexity index is 497. The quantitative estimate of drug-likeness (QED) is 0.923. The number of aromatic nitrogens is 1. The van der Waals surface area contributed by atoms with Gasteiger partial charge in [-0.3, -0.25) is 0 Å². The molecule has 3 rings (SSSR count). The van der Waals surface area contributed by atoms with Crippen molar-refractivity contribution < 1.29 is 14.3 Å². The summed E-state index contributed by atoms with van der Waals surface area (Å²) in [5.74, 6) is 0.657. The first-order valence-corrected chi connectivity index (χ1v) is 8.03. The van der Waals surface area contributed by atoms with E-state index >= 15 is 0 Å². The summed E-state index contributed by atoms with van der Waals surface area (Å²) in [5.41, 5.74) is 1.00. The highest BCUT2D eigenvalue weighted by Gasteiger charge is 2.18. The minimum atomic E-state index is -0.0432. The molecule has 1 N–H and O–H groups in total. The summed E-state index contributed by atoms with van der Waals surface area (Å²) in [7, 11) is 0. The SMILES string of the molecule is O=C(NCc1ccnc(OC2CCCC2)c1)N1CCOCC1. The lowest BCUT2D eigenvalue weighted by molar-refractivity contribution is 0.0531. The van der Waals surface area contributed by atoms with Crippen LogP contribution in [-0.4, -0.2) is 48.3 Å². The molecule has 6 nitrogen and oxygen atoms in total. The maximum atomic E-state index is 12.0. The number of amides is 2. The summed E-state index contributed by atoms with van der Waals surface area (Å²) >= 11 is 0. The van der Waals surface area contributed by atoms with E-state index in [0.717, 1.165) is 18.4 Å². The van der Waals surface area contributed by atoms with Gasteiger partial charge in [-0.15, -0.1) is 0 Å². The number of nitrogens with one attached hydrogen (secondary N) is 1. The van der Waals surface area contributed by atoms with Gasteiger partial charge in [0.2, 0.25) is 5.88 Å². The molecule has 2 fully saturated rings. The molecule has 22 heavy (non-hydrogen) atoms.